The molecule has 0 aliphatic heterocycles. The molecule has 0 aromatic carbocycles. The highest BCUT2D eigenvalue weighted by Gasteiger charge is 2.40. The first-order valence-corrected chi connectivity index (χ1v) is 3.77. The zero-order chi connectivity index (χ0) is 7.73. The van der Waals surface area contributed by atoms with Crippen LogP contribution in [0.25, 0.3) is 0 Å². The summed E-state index contributed by atoms with van der Waals surface area (Å²) in [6.45, 7) is 0. The fourth-order valence-corrected chi connectivity index (χ4v) is 1.49. The van der Waals surface area contributed by atoms with Crippen molar-refractivity contribution in [2.75, 3.05) is 0 Å². The molecule has 1 N–H and O–H groups in total. The minimum absolute atomic E-state index is 0.226. The quantitative estimate of drug-likeness (QED) is 0.652. The van der Waals surface area contributed by atoms with Crippen LogP contribution < -0.4 is 0 Å². The third-order valence-electron chi connectivity index (χ3n) is 2.43. The van der Waals surface area contributed by atoms with Crippen molar-refractivity contribution in [1.29, 1.82) is 5.26 Å². The standard InChI is InChI=1S/C8H9N3/c9-5-8(2-1-3-8)7-4-10-6-11-7/h4,6H,1-3H2,(H,10,11). The van der Waals surface area contributed by atoms with E-state index in [0.29, 0.717) is 0 Å². The van der Waals surface area contributed by atoms with Crippen LogP contribution in [0.5, 0.6) is 0 Å². The van der Waals surface area contributed by atoms with Gasteiger partial charge in [0.05, 0.1) is 23.5 Å². The molecule has 1 saturated carbocycles. The first-order valence-electron chi connectivity index (χ1n) is 3.77. The van der Waals surface area contributed by atoms with Crippen LogP contribution in [0.1, 0.15) is 25.0 Å². The van der Waals surface area contributed by atoms with Gasteiger partial charge >= 0.3 is 0 Å². The fraction of sp³-hybridized carbons (Fsp3) is 0.500. The van der Waals surface area contributed by atoms with Gasteiger partial charge in [0.15, 0.2) is 0 Å². The number of nitriles is 1. The Balaban J connectivity index is 2.34. The third-order valence-corrected chi connectivity index (χ3v) is 2.43. The molecular formula is C8H9N3. The zero-order valence-corrected chi connectivity index (χ0v) is 6.17. The maximum atomic E-state index is 8.91. The Morgan fingerprint density at radius 3 is 2.82 bits per heavy atom. The molecule has 0 radical (unpaired) electrons. The van der Waals surface area contributed by atoms with E-state index in [1.54, 1.807) is 12.5 Å². The lowest BCUT2D eigenvalue weighted by molar-refractivity contribution is 0.317. The van der Waals surface area contributed by atoms with E-state index in [9.17, 15) is 0 Å². The van der Waals surface area contributed by atoms with Crippen LogP contribution in [0, 0.1) is 11.3 Å². The maximum Gasteiger partial charge on any atom is 0.0987 e. The first-order chi connectivity index (χ1) is 5.37. The Labute approximate surface area is 65.1 Å². The molecule has 0 amide bonds. The number of imidazole rings is 1. The van der Waals surface area contributed by atoms with Gasteiger partial charge in [0.1, 0.15) is 0 Å². The van der Waals surface area contributed by atoms with Crippen molar-refractivity contribution < 1.29 is 0 Å². The molecule has 56 valence electrons. The van der Waals surface area contributed by atoms with Crippen LogP contribution in [0.4, 0.5) is 0 Å². The molecule has 2 rings (SSSR count). The van der Waals surface area contributed by atoms with Gasteiger partial charge in [0, 0.05) is 6.20 Å². The van der Waals surface area contributed by atoms with Gasteiger partial charge < -0.3 is 4.98 Å². The number of aromatic amines is 1. The van der Waals surface area contributed by atoms with Gasteiger partial charge in [0.25, 0.3) is 0 Å². The summed E-state index contributed by atoms with van der Waals surface area (Å²) in [6, 6.07) is 2.35. The summed E-state index contributed by atoms with van der Waals surface area (Å²) in [7, 11) is 0. The molecule has 1 aromatic heterocycles. The fourth-order valence-electron chi connectivity index (χ4n) is 1.49. The second kappa shape index (κ2) is 2.09. The summed E-state index contributed by atoms with van der Waals surface area (Å²) in [5.74, 6) is 0. The van der Waals surface area contributed by atoms with Crippen LogP contribution in [-0.4, -0.2) is 9.97 Å². The molecule has 0 unspecified atom stereocenters. The van der Waals surface area contributed by atoms with Gasteiger partial charge in [-0.05, 0) is 19.3 Å². The minimum Gasteiger partial charge on any atom is -0.347 e. The van der Waals surface area contributed by atoms with E-state index in [4.69, 9.17) is 5.26 Å². The van der Waals surface area contributed by atoms with E-state index >= 15 is 0 Å². The van der Waals surface area contributed by atoms with Crippen LogP contribution >= 0.6 is 0 Å². The van der Waals surface area contributed by atoms with E-state index in [2.05, 4.69) is 16.0 Å². The van der Waals surface area contributed by atoms with Crippen LogP contribution in [0.3, 0.4) is 0 Å². The predicted molar refractivity (Wildman–Crippen MR) is 39.7 cm³/mol. The number of hydrogen-bond donors (Lipinski definition) is 1. The number of aromatic nitrogens is 2. The number of rotatable bonds is 1. The number of H-pyrrole nitrogens is 1. The lowest BCUT2D eigenvalue weighted by atomic mass is 9.68. The molecule has 1 aliphatic rings. The smallest absolute Gasteiger partial charge is 0.0987 e. The van der Waals surface area contributed by atoms with Crippen molar-refractivity contribution in [1.82, 2.24) is 9.97 Å². The van der Waals surface area contributed by atoms with Gasteiger partial charge in [-0.1, -0.05) is 0 Å². The molecule has 1 aliphatic carbocycles. The monoisotopic (exact) mass is 147 g/mol. The molecule has 0 saturated heterocycles. The molecule has 0 spiro atoms. The molecular weight excluding hydrogens is 138 g/mol. The van der Waals surface area contributed by atoms with Crippen molar-refractivity contribution >= 4 is 0 Å². The number of nitrogens with zero attached hydrogens (tertiary/aromatic N) is 2. The summed E-state index contributed by atoms with van der Waals surface area (Å²) in [5.41, 5.74) is 0.752. The Morgan fingerprint density at radius 2 is 2.45 bits per heavy atom. The van der Waals surface area contributed by atoms with E-state index in [0.717, 1.165) is 25.0 Å². The first kappa shape index (κ1) is 6.41. The largest absolute Gasteiger partial charge is 0.347 e. The molecule has 3 nitrogen and oxygen atoms in total. The highest BCUT2D eigenvalue weighted by Crippen LogP contribution is 2.41. The van der Waals surface area contributed by atoms with Gasteiger partial charge in [-0.15, -0.1) is 0 Å². The normalized spacial score (nSPS) is 20.3. The van der Waals surface area contributed by atoms with E-state index < -0.39 is 0 Å². The molecule has 1 heterocycles. The van der Waals surface area contributed by atoms with E-state index in [-0.39, 0.29) is 5.41 Å². The number of nitrogens with one attached hydrogen (secondary N) is 1. The molecule has 1 aromatic rings. The molecule has 0 bridgehead atoms. The summed E-state index contributed by atoms with van der Waals surface area (Å²) in [6.07, 6.45) is 6.50. The summed E-state index contributed by atoms with van der Waals surface area (Å²) >= 11 is 0. The van der Waals surface area contributed by atoms with Crippen molar-refractivity contribution in [3.8, 4) is 6.07 Å². The second-order valence-electron chi connectivity index (χ2n) is 3.01. The molecule has 0 atom stereocenters. The van der Waals surface area contributed by atoms with Gasteiger partial charge in [-0.2, -0.15) is 5.26 Å². The van der Waals surface area contributed by atoms with Crippen molar-refractivity contribution in [2.45, 2.75) is 24.7 Å². The average Bonchev–Trinajstić information content (AvgIpc) is 2.39. The Kier molecular flexibility index (Phi) is 1.22. The Morgan fingerprint density at radius 1 is 1.64 bits per heavy atom. The highest BCUT2D eigenvalue weighted by molar-refractivity contribution is 5.27. The Bertz CT molecular complexity index is 277. The summed E-state index contributed by atoms with van der Waals surface area (Å²) in [4.78, 5) is 6.91. The minimum atomic E-state index is -0.226. The van der Waals surface area contributed by atoms with Crippen LogP contribution in [0.2, 0.25) is 0 Å². The van der Waals surface area contributed by atoms with E-state index in [1.807, 2.05) is 0 Å². The lowest BCUT2D eigenvalue weighted by Crippen LogP contribution is -2.32. The van der Waals surface area contributed by atoms with Gasteiger partial charge in [0.2, 0.25) is 0 Å². The zero-order valence-electron chi connectivity index (χ0n) is 6.17. The van der Waals surface area contributed by atoms with Crippen LogP contribution in [0.15, 0.2) is 12.5 Å². The second-order valence-corrected chi connectivity index (χ2v) is 3.01. The van der Waals surface area contributed by atoms with Crippen molar-refractivity contribution in [2.24, 2.45) is 0 Å². The molecule has 11 heavy (non-hydrogen) atoms. The predicted octanol–water partition coefficient (Wildman–Crippen LogP) is 1.35. The van der Waals surface area contributed by atoms with Gasteiger partial charge in [-0.25, -0.2) is 4.98 Å². The van der Waals surface area contributed by atoms with Crippen molar-refractivity contribution in [3.63, 3.8) is 0 Å². The highest BCUT2D eigenvalue weighted by atomic mass is 14.9. The number of hydrogen-bond acceptors (Lipinski definition) is 2. The Hall–Kier alpha value is -1.30. The molecule has 1 fully saturated rings. The summed E-state index contributed by atoms with van der Waals surface area (Å²) < 4.78 is 0. The van der Waals surface area contributed by atoms with Gasteiger partial charge in [-0.3, -0.25) is 0 Å². The molecule has 3 heteroatoms. The topological polar surface area (TPSA) is 52.5 Å². The maximum absolute atomic E-state index is 8.91. The SMILES string of the molecule is N#CC1(c2cnc[nH]2)CCC1. The average molecular weight is 147 g/mol. The third kappa shape index (κ3) is 0.758. The lowest BCUT2D eigenvalue weighted by Gasteiger charge is -2.33. The van der Waals surface area contributed by atoms with E-state index in [1.165, 1.54) is 0 Å². The van der Waals surface area contributed by atoms with Crippen LogP contribution in [-0.2, 0) is 5.41 Å². The summed E-state index contributed by atoms with van der Waals surface area (Å²) in [5, 5.41) is 8.91. The van der Waals surface area contributed by atoms with Crippen molar-refractivity contribution in [3.05, 3.63) is 18.2 Å².